The van der Waals surface area contributed by atoms with Crippen LogP contribution in [-0.2, 0) is 14.6 Å². The van der Waals surface area contributed by atoms with E-state index in [2.05, 4.69) is 16.8 Å². The Kier molecular flexibility index (Phi) is 16.7. The average molecular weight is 283 g/mol. The second kappa shape index (κ2) is 14.9. The zero-order chi connectivity index (χ0) is 14.3. The molecule has 0 atom stereocenters. The standard InChI is InChI=1S/C10H22O4S.C2H7N/c1-2-3-4-5-6-7-8-9-10-14-15(11,12)13;1-2-3/h2-10H2,1H3,(H,11,12,13);2-3H2,1H3. The molecule has 112 valence electrons. The molecule has 0 saturated heterocycles. The first-order valence-corrected chi connectivity index (χ1v) is 8.20. The summed E-state index contributed by atoms with van der Waals surface area (Å²) in [5.41, 5.74) is 3.49. The van der Waals surface area contributed by atoms with Gasteiger partial charge in [-0.25, -0.2) is 8.42 Å². The van der Waals surface area contributed by atoms with Crippen LogP contribution >= 0.6 is 0 Å². The van der Waals surface area contributed by atoms with Gasteiger partial charge in [-0.05, 0) is 13.3 Å². The molecule has 0 bridgehead atoms. The molecule has 0 aliphatic heterocycles. The maximum Gasteiger partial charge on any atom is 0.217 e. The monoisotopic (exact) mass is 283 g/mol. The largest absolute Gasteiger partial charge is 0.726 e. The van der Waals surface area contributed by atoms with Gasteiger partial charge in [-0.3, -0.25) is 4.18 Å². The van der Waals surface area contributed by atoms with Crippen LogP contribution in [0.25, 0.3) is 0 Å². The molecule has 0 amide bonds. The van der Waals surface area contributed by atoms with Crippen LogP contribution in [-0.4, -0.2) is 26.1 Å². The van der Waals surface area contributed by atoms with Gasteiger partial charge in [0.1, 0.15) is 0 Å². The molecular formula is C12H29NO4S. The SMILES string of the molecule is CCCCCCCCCCOS(=O)(=O)[O-].CC[NH3+]. The van der Waals surface area contributed by atoms with Crippen LogP contribution in [0.1, 0.15) is 65.2 Å². The Morgan fingerprint density at radius 2 is 1.33 bits per heavy atom. The van der Waals surface area contributed by atoms with Crippen molar-refractivity contribution in [3.05, 3.63) is 0 Å². The Labute approximate surface area is 112 Å². The van der Waals surface area contributed by atoms with Gasteiger partial charge in [0.15, 0.2) is 0 Å². The van der Waals surface area contributed by atoms with Crippen LogP contribution in [0.4, 0.5) is 0 Å². The van der Waals surface area contributed by atoms with Gasteiger partial charge in [0.25, 0.3) is 0 Å². The maximum absolute atomic E-state index is 10.1. The van der Waals surface area contributed by atoms with Gasteiger partial charge in [-0.15, -0.1) is 0 Å². The Bertz CT molecular complexity index is 242. The second-order valence-electron chi connectivity index (χ2n) is 4.21. The third-order valence-corrected chi connectivity index (χ3v) is 2.68. The van der Waals surface area contributed by atoms with Crippen molar-refractivity contribution in [1.29, 1.82) is 0 Å². The van der Waals surface area contributed by atoms with Crippen molar-refractivity contribution in [2.24, 2.45) is 0 Å². The Morgan fingerprint density at radius 1 is 0.944 bits per heavy atom. The Morgan fingerprint density at radius 3 is 1.72 bits per heavy atom. The highest BCUT2D eigenvalue weighted by Crippen LogP contribution is 2.08. The molecule has 18 heavy (non-hydrogen) atoms. The average Bonchev–Trinajstić information content (AvgIpc) is 2.26. The van der Waals surface area contributed by atoms with E-state index in [0.29, 0.717) is 6.42 Å². The summed E-state index contributed by atoms with van der Waals surface area (Å²) >= 11 is 0. The van der Waals surface area contributed by atoms with Crippen molar-refractivity contribution in [3.8, 4) is 0 Å². The topological polar surface area (TPSA) is 94.1 Å². The summed E-state index contributed by atoms with van der Waals surface area (Å²) in [7, 11) is -4.48. The quantitative estimate of drug-likeness (QED) is 0.376. The Balaban J connectivity index is 0. The van der Waals surface area contributed by atoms with Gasteiger partial charge < -0.3 is 10.3 Å². The first-order chi connectivity index (χ1) is 8.47. The van der Waals surface area contributed by atoms with Crippen LogP contribution in [0.3, 0.4) is 0 Å². The summed E-state index contributed by atoms with van der Waals surface area (Å²) in [5.74, 6) is 0. The normalized spacial score (nSPS) is 10.9. The molecule has 0 saturated carbocycles. The number of hydrogen-bond acceptors (Lipinski definition) is 4. The first kappa shape index (κ1) is 20.2. The van der Waals surface area contributed by atoms with Gasteiger partial charge in [0.05, 0.1) is 13.2 Å². The first-order valence-electron chi connectivity index (χ1n) is 6.87. The van der Waals surface area contributed by atoms with Crippen molar-refractivity contribution < 1.29 is 22.9 Å². The van der Waals surface area contributed by atoms with Crippen LogP contribution in [0.2, 0.25) is 0 Å². The van der Waals surface area contributed by atoms with E-state index in [1.165, 1.54) is 32.1 Å². The summed E-state index contributed by atoms with van der Waals surface area (Å²) < 4.78 is 34.3. The smallest absolute Gasteiger partial charge is 0.217 e. The number of rotatable bonds is 10. The van der Waals surface area contributed by atoms with E-state index in [-0.39, 0.29) is 6.61 Å². The molecule has 5 nitrogen and oxygen atoms in total. The van der Waals surface area contributed by atoms with Gasteiger partial charge in [0, 0.05) is 0 Å². The predicted octanol–water partition coefficient (Wildman–Crippen LogP) is 1.85. The lowest BCUT2D eigenvalue weighted by Gasteiger charge is -2.06. The summed E-state index contributed by atoms with van der Waals surface area (Å²) in [4.78, 5) is 0. The molecule has 6 heteroatoms. The van der Waals surface area contributed by atoms with E-state index >= 15 is 0 Å². The van der Waals surface area contributed by atoms with E-state index in [1.54, 1.807) is 0 Å². The third-order valence-electron chi connectivity index (χ3n) is 2.23. The van der Waals surface area contributed by atoms with Gasteiger partial charge >= 0.3 is 0 Å². The minimum absolute atomic E-state index is 0.0286. The van der Waals surface area contributed by atoms with Crippen molar-refractivity contribution in [3.63, 3.8) is 0 Å². The number of hydrogen-bond donors (Lipinski definition) is 1. The zero-order valence-electron chi connectivity index (χ0n) is 11.8. The zero-order valence-corrected chi connectivity index (χ0v) is 12.6. The van der Waals surface area contributed by atoms with Crippen molar-refractivity contribution in [2.75, 3.05) is 13.2 Å². The molecule has 0 fully saturated rings. The molecule has 0 aromatic rings. The molecule has 0 aliphatic carbocycles. The van der Waals surface area contributed by atoms with Crippen LogP contribution < -0.4 is 5.73 Å². The van der Waals surface area contributed by atoms with E-state index in [1.807, 2.05) is 6.92 Å². The lowest BCUT2D eigenvalue weighted by molar-refractivity contribution is -0.361. The van der Waals surface area contributed by atoms with Gasteiger partial charge in [0.2, 0.25) is 10.4 Å². The molecule has 0 unspecified atom stereocenters. The molecule has 3 N–H and O–H groups in total. The second-order valence-corrected chi connectivity index (χ2v) is 5.26. The number of quaternary nitrogens is 1. The molecular weight excluding hydrogens is 254 g/mol. The lowest BCUT2D eigenvalue weighted by Crippen LogP contribution is -2.48. The molecule has 0 aromatic heterocycles. The highest BCUT2D eigenvalue weighted by atomic mass is 32.3. The van der Waals surface area contributed by atoms with E-state index in [0.717, 1.165) is 19.4 Å². The van der Waals surface area contributed by atoms with E-state index in [4.69, 9.17) is 0 Å². The molecule has 0 aromatic carbocycles. The van der Waals surface area contributed by atoms with Crippen LogP contribution in [0, 0.1) is 0 Å². The van der Waals surface area contributed by atoms with E-state index < -0.39 is 10.4 Å². The third kappa shape index (κ3) is 24.9. The summed E-state index contributed by atoms with van der Waals surface area (Å²) in [5, 5.41) is 0. The fraction of sp³-hybridized carbons (Fsp3) is 1.00. The predicted molar refractivity (Wildman–Crippen MR) is 71.7 cm³/mol. The summed E-state index contributed by atoms with van der Waals surface area (Å²) in [6, 6.07) is 0. The minimum atomic E-state index is -4.48. The van der Waals surface area contributed by atoms with Gasteiger partial charge in [-0.2, -0.15) is 0 Å². The maximum atomic E-state index is 10.1. The van der Waals surface area contributed by atoms with Crippen molar-refractivity contribution in [1.82, 2.24) is 0 Å². The lowest BCUT2D eigenvalue weighted by atomic mass is 10.1. The minimum Gasteiger partial charge on any atom is -0.726 e. The van der Waals surface area contributed by atoms with Crippen LogP contribution in [0.15, 0.2) is 0 Å². The fourth-order valence-corrected chi connectivity index (χ4v) is 1.72. The highest BCUT2D eigenvalue weighted by Gasteiger charge is 1.95. The van der Waals surface area contributed by atoms with Crippen molar-refractivity contribution >= 4 is 10.4 Å². The van der Waals surface area contributed by atoms with Crippen molar-refractivity contribution in [2.45, 2.75) is 65.2 Å². The van der Waals surface area contributed by atoms with Crippen LogP contribution in [0.5, 0.6) is 0 Å². The molecule has 0 radical (unpaired) electrons. The molecule has 0 heterocycles. The number of unbranched alkanes of at least 4 members (excludes halogenated alkanes) is 7. The molecule has 0 spiro atoms. The highest BCUT2D eigenvalue weighted by molar-refractivity contribution is 7.80. The summed E-state index contributed by atoms with van der Waals surface area (Å²) in [6.07, 6.45) is 8.91. The molecule has 0 aliphatic rings. The van der Waals surface area contributed by atoms with Gasteiger partial charge in [-0.1, -0.05) is 51.9 Å². The van der Waals surface area contributed by atoms with E-state index in [9.17, 15) is 13.0 Å². The molecule has 0 rings (SSSR count). The summed E-state index contributed by atoms with van der Waals surface area (Å²) in [6.45, 7) is 5.22. The fourth-order valence-electron chi connectivity index (χ4n) is 1.40. The Hall–Kier alpha value is -0.170.